The normalized spacial score (nSPS) is 12.8. The lowest BCUT2D eigenvalue weighted by Gasteiger charge is -2.09. The Hall–Kier alpha value is -2.57. The molecule has 1 fully saturated rings. The van der Waals surface area contributed by atoms with E-state index in [9.17, 15) is 9.59 Å². The summed E-state index contributed by atoms with van der Waals surface area (Å²) >= 11 is 0. The molecule has 0 radical (unpaired) electrons. The molecule has 0 aliphatic heterocycles. The topological polar surface area (TPSA) is 93.5 Å². The summed E-state index contributed by atoms with van der Waals surface area (Å²) in [5.74, 6) is 1.31. The second-order valence-corrected chi connectivity index (χ2v) is 6.14. The minimum absolute atomic E-state index is 0. The zero-order valence-electron chi connectivity index (χ0n) is 14.2. The number of nitrogens with two attached hydrogens (primary N) is 1. The Kier molecular flexibility index (Phi) is 7.00. The SMILES string of the molecule is Cl.NC(=O)c1cccc(Oc2ccc(NC(=O)CNCC3CC3)cc2)c1. The van der Waals surface area contributed by atoms with Crippen LogP contribution in [0.25, 0.3) is 0 Å². The van der Waals surface area contributed by atoms with Crippen molar-refractivity contribution >= 4 is 29.9 Å². The molecule has 1 aliphatic rings. The molecule has 0 bridgehead atoms. The third kappa shape index (κ3) is 6.06. The average Bonchev–Trinajstić information content (AvgIpc) is 3.41. The molecule has 0 saturated heterocycles. The number of primary amides is 1. The Morgan fingerprint density at radius 1 is 1.08 bits per heavy atom. The summed E-state index contributed by atoms with van der Waals surface area (Å²) in [6, 6.07) is 13.7. The van der Waals surface area contributed by atoms with Crippen molar-refractivity contribution in [2.24, 2.45) is 11.7 Å². The van der Waals surface area contributed by atoms with E-state index < -0.39 is 5.91 Å². The summed E-state index contributed by atoms with van der Waals surface area (Å²) in [5, 5.41) is 5.98. The third-order valence-corrected chi connectivity index (χ3v) is 3.91. The van der Waals surface area contributed by atoms with Gasteiger partial charge in [0.15, 0.2) is 0 Å². The van der Waals surface area contributed by atoms with E-state index in [1.807, 2.05) is 0 Å². The number of nitrogens with one attached hydrogen (secondary N) is 2. The number of benzene rings is 2. The number of hydrogen-bond acceptors (Lipinski definition) is 4. The van der Waals surface area contributed by atoms with Gasteiger partial charge in [0, 0.05) is 11.3 Å². The molecule has 7 heteroatoms. The lowest BCUT2D eigenvalue weighted by molar-refractivity contribution is -0.115. The average molecular weight is 376 g/mol. The van der Waals surface area contributed by atoms with E-state index in [1.54, 1.807) is 48.5 Å². The van der Waals surface area contributed by atoms with E-state index in [0.29, 0.717) is 29.3 Å². The molecule has 1 aliphatic carbocycles. The highest BCUT2D eigenvalue weighted by Crippen LogP contribution is 2.27. The van der Waals surface area contributed by atoms with Gasteiger partial charge in [-0.1, -0.05) is 6.07 Å². The van der Waals surface area contributed by atoms with Gasteiger partial charge in [-0.05, 0) is 67.8 Å². The molecule has 0 heterocycles. The van der Waals surface area contributed by atoms with Crippen molar-refractivity contribution < 1.29 is 14.3 Å². The lowest BCUT2D eigenvalue weighted by Crippen LogP contribution is -2.29. The number of carbonyl (C=O) groups is 2. The molecule has 0 aromatic heterocycles. The first-order chi connectivity index (χ1) is 12.1. The van der Waals surface area contributed by atoms with Crippen LogP contribution in [0.4, 0.5) is 5.69 Å². The molecule has 2 aromatic carbocycles. The van der Waals surface area contributed by atoms with Crippen molar-refractivity contribution in [1.29, 1.82) is 0 Å². The van der Waals surface area contributed by atoms with Gasteiger partial charge in [0.1, 0.15) is 11.5 Å². The van der Waals surface area contributed by atoms with Gasteiger partial charge in [0.25, 0.3) is 0 Å². The Morgan fingerprint density at radius 2 is 1.81 bits per heavy atom. The third-order valence-electron chi connectivity index (χ3n) is 3.91. The number of ether oxygens (including phenoxy) is 1. The number of anilines is 1. The van der Waals surface area contributed by atoms with Gasteiger partial charge in [-0.2, -0.15) is 0 Å². The van der Waals surface area contributed by atoms with Crippen molar-refractivity contribution in [3.8, 4) is 11.5 Å². The molecule has 0 unspecified atom stereocenters. The van der Waals surface area contributed by atoms with Crippen molar-refractivity contribution in [2.75, 3.05) is 18.4 Å². The smallest absolute Gasteiger partial charge is 0.248 e. The zero-order valence-corrected chi connectivity index (χ0v) is 15.1. The Balaban J connectivity index is 0.00000243. The Morgan fingerprint density at radius 3 is 2.46 bits per heavy atom. The number of carbonyl (C=O) groups excluding carboxylic acids is 2. The van der Waals surface area contributed by atoms with Gasteiger partial charge >= 0.3 is 0 Å². The molecular weight excluding hydrogens is 354 g/mol. The van der Waals surface area contributed by atoms with Crippen LogP contribution in [0.1, 0.15) is 23.2 Å². The van der Waals surface area contributed by atoms with E-state index in [2.05, 4.69) is 10.6 Å². The molecule has 1 saturated carbocycles. The summed E-state index contributed by atoms with van der Waals surface area (Å²) < 4.78 is 5.69. The standard InChI is InChI=1S/C19H21N3O3.ClH/c20-19(24)14-2-1-3-17(10-14)25-16-8-6-15(7-9-16)22-18(23)12-21-11-13-4-5-13;/h1-3,6-10,13,21H,4-5,11-12H2,(H2,20,24)(H,22,23);1H. The first-order valence-corrected chi connectivity index (χ1v) is 8.28. The largest absolute Gasteiger partial charge is 0.457 e. The fraction of sp³-hybridized carbons (Fsp3) is 0.263. The first-order valence-electron chi connectivity index (χ1n) is 8.28. The van der Waals surface area contributed by atoms with Crippen LogP contribution in [0.3, 0.4) is 0 Å². The van der Waals surface area contributed by atoms with Crippen LogP contribution in [-0.2, 0) is 4.79 Å². The molecule has 6 nitrogen and oxygen atoms in total. The lowest BCUT2D eigenvalue weighted by atomic mass is 10.2. The van der Waals surface area contributed by atoms with Gasteiger partial charge in [-0.3, -0.25) is 9.59 Å². The predicted octanol–water partition coefficient (Wildman–Crippen LogP) is 2.94. The fourth-order valence-electron chi connectivity index (χ4n) is 2.37. The maximum atomic E-state index is 11.8. The van der Waals surface area contributed by atoms with E-state index in [-0.39, 0.29) is 18.3 Å². The number of halogens is 1. The van der Waals surface area contributed by atoms with Crippen LogP contribution in [0.5, 0.6) is 11.5 Å². The van der Waals surface area contributed by atoms with Crippen LogP contribution >= 0.6 is 12.4 Å². The second kappa shape index (κ2) is 9.22. The Labute approximate surface area is 158 Å². The molecule has 4 N–H and O–H groups in total. The van der Waals surface area contributed by atoms with E-state index in [0.717, 1.165) is 12.5 Å². The number of hydrogen-bond donors (Lipinski definition) is 3. The Bertz CT molecular complexity index is 761. The van der Waals surface area contributed by atoms with Gasteiger partial charge in [-0.15, -0.1) is 12.4 Å². The molecule has 0 atom stereocenters. The molecule has 2 amide bonds. The molecular formula is C19H22ClN3O3. The predicted molar refractivity (Wildman–Crippen MR) is 103 cm³/mol. The van der Waals surface area contributed by atoms with Crippen LogP contribution in [0.2, 0.25) is 0 Å². The maximum Gasteiger partial charge on any atom is 0.248 e. The van der Waals surface area contributed by atoms with Gasteiger partial charge < -0.3 is 21.1 Å². The van der Waals surface area contributed by atoms with Crippen molar-refractivity contribution in [1.82, 2.24) is 5.32 Å². The minimum atomic E-state index is -0.501. The number of amides is 2. The van der Waals surface area contributed by atoms with E-state index >= 15 is 0 Å². The molecule has 0 spiro atoms. The fourth-order valence-corrected chi connectivity index (χ4v) is 2.37. The van der Waals surface area contributed by atoms with Crippen molar-refractivity contribution in [2.45, 2.75) is 12.8 Å². The second-order valence-electron chi connectivity index (χ2n) is 6.14. The highest BCUT2D eigenvalue weighted by atomic mass is 35.5. The zero-order chi connectivity index (χ0) is 17.6. The minimum Gasteiger partial charge on any atom is -0.457 e. The van der Waals surface area contributed by atoms with E-state index in [1.165, 1.54) is 12.8 Å². The van der Waals surface area contributed by atoms with Crippen LogP contribution in [0, 0.1) is 5.92 Å². The van der Waals surface area contributed by atoms with Crippen LogP contribution in [0.15, 0.2) is 48.5 Å². The van der Waals surface area contributed by atoms with Gasteiger partial charge in [0.05, 0.1) is 6.54 Å². The molecule has 138 valence electrons. The van der Waals surface area contributed by atoms with Crippen LogP contribution < -0.4 is 21.1 Å². The summed E-state index contributed by atoms with van der Waals surface area (Å²) in [7, 11) is 0. The summed E-state index contributed by atoms with van der Waals surface area (Å²) in [5.41, 5.74) is 6.35. The van der Waals surface area contributed by atoms with Gasteiger partial charge in [0.2, 0.25) is 11.8 Å². The first kappa shape index (κ1) is 19.8. The highest BCUT2D eigenvalue weighted by Gasteiger charge is 2.20. The van der Waals surface area contributed by atoms with Crippen molar-refractivity contribution in [3.63, 3.8) is 0 Å². The van der Waals surface area contributed by atoms with Gasteiger partial charge in [-0.25, -0.2) is 0 Å². The summed E-state index contributed by atoms with van der Waals surface area (Å²) in [6.07, 6.45) is 2.52. The van der Waals surface area contributed by atoms with Crippen molar-refractivity contribution in [3.05, 3.63) is 54.1 Å². The maximum absolute atomic E-state index is 11.8. The summed E-state index contributed by atoms with van der Waals surface area (Å²) in [4.78, 5) is 23.0. The molecule has 26 heavy (non-hydrogen) atoms. The molecule has 3 rings (SSSR count). The molecule has 2 aromatic rings. The highest BCUT2D eigenvalue weighted by molar-refractivity contribution is 5.93. The summed E-state index contributed by atoms with van der Waals surface area (Å²) in [6.45, 7) is 1.22. The quantitative estimate of drug-likeness (QED) is 0.661. The number of rotatable bonds is 8. The monoisotopic (exact) mass is 375 g/mol. The van der Waals surface area contributed by atoms with E-state index in [4.69, 9.17) is 10.5 Å². The van der Waals surface area contributed by atoms with Crippen LogP contribution in [-0.4, -0.2) is 24.9 Å².